The van der Waals surface area contributed by atoms with E-state index in [1.165, 1.54) is 6.07 Å². The van der Waals surface area contributed by atoms with E-state index in [1.807, 2.05) is 0 Å². The Balaban J connectivity index is 2.20. The van der Waals surface area contributed by atoms with Crippen molar-refractivity contribution in [2.75, 3.05) is 19.6 Å². The van der Waals surface area contributed by atoms with Crippen LogP contribution in [0.15, 0.2) is 22.7 Å². The third-order valence-electron chi connectivity index (χ3n) is 3.32. The molecule has 0 aromatic heterocycles. The smallest absolute Gasteiger partial charge is 0.257 e. The van der Waals surface area contributed by atoms with Crippen molar-refractivity contribution in [1.29, 1.82) is 0 Å². The van der Waals surface area contributed by atoms with Crippen LogP contribution in [-0.2, 0) is 0 Å². The number of benzene rings is 1. The maximum absolute atomic E-state index is 13.7. The molecule has 0 aliphatic carbocycles. The minimum atomic E-state index is -0.482. The molecule has 2 rings (SSSR count). The van der Waals surface area contributed by atoms with Crippen molar-refractivity contribution in [2.24, 2.45) is 11.7 Å². The van der Waals surface area contributed by atoms with Gasteiger partial charge in [0.05, 0.1) is 5.56 Å². The van der Waals surface area contributed by atoms with Crippen LogP contribution in [0.1, 0.15) is 23.2 Å². The molecule has 3 nitrogen and oxygen atoms in total. The molecular formula is C13H16BrFN2O. The summed E-state index contributed by atoms with van der Waals surface area (Å²) in [5.41, 5.74) is 5.76. The normalized spacial score (nSPS) is 19.9. The Morgan fingerprint density at radius 1 is 1.56 bits per heavy atom. The van der Waals surface area contributed by atoms with Crippen LogP contribution >= 0.6 is 15.9 Å². The summed E-state index contributed by atoms with van der Waals surface area (Å²) >= 11 is 3.23. The molecule has 1 aliphatic heterocycles. The Morgan fingerprint density at radius 2 is 2.33 bits per heavy atom. The van der Waals surface area contributed by atoms with Gasteiger partial charge >= 0.3 is 0 Å². The summed E-state index contributed by atoms with van der Waals surface area (Å²) in [6, 6.07) is 4.57. The van der Waals surface area contributed by atoms with Crippen LogP contribution in [0.2, 0.25) is 0 Å². The van der Waals surface area contributed by atoms with E-state index >= 15 is 0 Å². The minimum absolute atomic E-state index is 0.121. The highest BCUT2D eigenvalue weighted by atomic mass is 79.9. The van der Waals surface area contributed by atoms with Gasteiger partial charge in [0.1, 0.15) is 5.82 Å². The third kappa shape index (κ3) is 2.72. The van der Waals surface area contributed by atoms with Crippen LogP contribution in [0.3, 0.4) is 0 Å². The maximum Gasteiger partial charge on any atom is 0.257 e. The molecule has 1 atom stereocenters. The second-order valence-corrected chi connectivity index (χ2v) is 5.45. The first-order chi connectivity index (χ1) is 8.63. The Kier molecular flexibility index (Phi) is 4.35. The van der Waals surface area contributed by atoms with E-state index < -0.39 is 5.82 Å². The van der Waals surface area contributed by atoms with Gasteiger partial charge in [-0.1, -0.05) is 6.07 Å². The highest BCUT2D eigenvalue weighted by molar-refractivity contribution is 9.10. The molecule has 1 heterocycles. The zero-order valence-electron chi connectivity index (χ0n) is 10.0. The van der Waals surface area contributed by atoms with Crippen molar-refractivity contribution in [1.82, 2.24) is 4.90 Å². The van der Waals surface area contributed by atoms with Gasteiger partial charge in [-0.05, 0) is 53.4 Å². The molecule has 98 valence electrons. The van der Waals surface area contributed by atoms with Gasteiger partial charge in [-0.3, -0.25) is 4.79 Å². The lowest BCUT2D eigenvalue weighted by Gasteiger charge is -2.32. The fourth-order valence-corrected chi connectivity index (χ4v) is 2.81. The molecule has 5 heteroatoms. The summed E-state index contributed by atoms with van der Waals surface area (Å²) in [6.07, 6.45) is 1.97. The lowest BCUT2D eigenvalue weighted by atomic mass is 9.97. The Morgan fingerprint density at radius 3 is 3.00 bits per heavy atom. The highest BCUT2D eigenvalue weighted by Gasteiger charge is 2.26. The summed E-state index contributed by atoms with van der Waals surface area (Å²) in [7, 11) is 0. The van der Waals surface area contributed by atoms with Crippen LogP contribution in [0, 0.1) is 11.7 Å². The van der Waals surface area contributed by atoms with Gasteiger partial charge in [0.15, 0.2) is 0 Å². The Bertz CT molecular complexity index is 432. The van der Waals surface area contributed by atoms with E-state index in [4.69, 9.17) is 5.73 Å². The molecule has 1 fully saturated rings. The first-order valence-corrected chi connectivity index (χ1v) is 6.86. The van der Waals surface area contributed by atoms with Crippen molar-refractivity contribution >= 4 is 21.8 Å². The number of amides is 1. The zero-order chi connectivity index (χ0) is 13.1. The van der Waals surface area contributed by atoms with Gasteiger partial charge in [-0.15, -0.1) is 0 Å². The molecule has 0 spiro atoms. The first-order valence-electron chi connectivity index (χ1n) is 6.07. The van der Waals surface area contributed by atoms with Crippen molar-refractivity contribution < 1.29 is 9.18 Å². The second-order valence-electron chi connectivity index (χ2n) is 4.59. The van der Waals surface area contributed by atoms with Gasteiger partial charge < -0.3 is 10.6 Å². The molecule has 18 heavy (non-hydrogen) atoms. The quantitative estimate of drug-likeness (QED) is 0.911. The number of nitrogens with two attached hydrogens (primary N) is 1. The zero-order valence-corrected chi connectivity index (χ0v) is 11.6. The van der Waals surface area contributed by atoms with E-state index in [1.54, 1.807) is 17.0 Å². The molecular weight excluding hydrogens is 299 g/mol. The van der Waals surface area contributed by atoms with E-state index in [2.05, 4.69) is 15.9 Å². The molecule has 0 saturated carbocycles. The lowest BCUT2D eigenvalue weighted by molar-refractivity contribution is 0.0672. The lowest BCUT2D eigenvalue weighted by Crippen LogP contribution is -2.42. The average molecular weight is 315 g/mol. The highest BCUT2D eigenvalue weighted by Crippen LogP contribution is 2.24. The molecule has 0 bridgehead atoms. The Hall–Kier alpha value is -0.940. The number of halogens is 2. The fraction of sp³-hybridized carbons (Fsp3) is 0.462. The minimum Gasteiger partial charge on any atom is -0.338 e. The maximum atomic E-state index is 13.7. The molecule has 1 unspecified atom stereocenters. The predicted molar refractivity (Wildman–Crippen MR) is 71.8 cm³/mol. The van der Waals surface area contributed by atoms with E-state index in [0.29, 0.717) is 30.0 Å². The number of carbonyl (C=O) groups excluding carboxylic acids is 1. The third-order valence-corrected chi connectivity index (χ3v) is 3.98. The van der Waals surface area contributed by atoms with Gasteiger partial charge in [-0.25, -0.2) is 4.39 Å². The summed E-state index contributed by atoms with van der Waals surface area (Å²) in [6.45, 7) is 1.87. The van der Waals surface area contributed by atoms with Crippen LogP contribution < -0.4 is 5.73 Å². The number of hydrogen-bond donors (Lipinski definition) is 1. The average Bonchev–Trinajstić information content (AvgIpc) is 2.38. The molecule has 1 amide bonds. The summed E-state index contributed by atoms with van der Waals surface area (Å²) < 4.78 is 14.2. The van der Waals surface area contributed by atoms with Crippen LogP contribution in [0.4, 0.5) is 4.39 Å². The van der Waals surface area contributed by atoms with Crippen molar-refractivity contribution in [3.05, 3.63) is 34.1 Å². The summed E-state index contributed by atoms with van der Waals surface area (Å²) in [5, 5.41) is 0. The number of rotatable bonds is 2. The molecule has 1 aromatic carbocycles. The molecule has 2 N–H and O–H groups in total. The van der Waals surface area contributed by atoms with Crippen molar-refractivity contribution in [3.63, 3.8) is 0 Å². The molecule has 1 saturated heterocycles. The van der Waals surface area contributed by atoms with E-state index in [0.717, 1.165) is 12.8 Å². The summed E-state index contributed by atoms with van der Waals surface area (Å²) in [5.74, 6) is -0.407. The van der Waals surface area contributed by atoms with Gasteiger partial charge in [0.2, 0.25) is 0 Å². The monoisotopic (exact) mass is 314 g/mol. The van der Waals surface area contributed by atoms with Crippen molar-refractivity contribution in [2.45, 2.75) is 12.8 Å². The van der Waals surface area contributed by atoms with Gasteiger partial charge in [-0.2, -0.15) is 0 Å². The molecule has 0 radical (unpaired) electrons. The number of likely N-dealkylation sites (tertiary alicyclic amines) is 1. The second kappa shape index (κ2) is 5.80. The standard InChI is InChI=1S/C13H16BrFN2O/c14-10-4-1-5-11(15)12(10)13(18)17-6-2-3-9(7-16)8-17/h1,4-5,9H,2-3,6-8,16H2. The van der Waals surface area contributed by atoms with E-state index in [9.17, 15) is 9.18 Å². The van der Waals surface area contributed by atoms with Gasteiger partial charge in [0.25, 0.3) is 5.91 Å². The summed E-state index contributed by atoms with van der Waals surface area (Å²) in [4.78, 5) is 14.0. The number of hydrogen-bond acceptors (Lipinski definition) is 2. The molecule has 1 aromatic rings. The van der Waals surface area contributed by atoms with Gasteiger partial charge in [0, 0.05) is 17.6 Å². The topological polar surface area (TPSA) is 46.3 Å². The van der Waals surface area contributed by atoms with E-state index in [-0.39, 0.29) is 11.5 Å². The number of carbonyl (C=O) groups is 1. The molecule has 1 aliphatic rings. The fourth-order valence-electron chi connectivity index (χ4n) is 2.30. The van der Waals surface area contributed by atoms with Crippen LogP contribution in [0.5, 0.6) is 0 Å². The largest absolute Gasteiger partial charge is 0.338 e. The van der Waals surface area contributed by atoms with Crippen LogP contribution in [-0.4, -0.2) is 30.4 Å². The predicted octanol–water partition coefficient (Wildman–Crippen LogP) is 2.40. The number of piperidine rings is 1. The van der Waals surface area contributed by atoms with Crippen LogP contribution in [0.25, 0.3) is 0 Å². The van der Waals surface area contributed by atoms with Crippen molar-refractivity contribution in [3.8, 4) is 0 Å². The SMILES string of the molecule is NCC1CCCN(C(=O)c2c(F)cccc2Br)C1. The first kappa shape index (κ1) is 13.5. The number of nitrogens with zero attached hydrogens (tertiary/aromatic N) is 1. The Labute approximate surface area is 114 Å².